The number of nitrogens with zero attached hydrogens (tertiary/aromatic N) is 3. The molecule has 4 rings (SSSR count). The molecule has 28 heavy (non-hydrogen) atoms. The lowest BCUT2D eigenvalue weighted by Crippen LogP contribution is -2.58. The van der Waals surface area contributed by atoms with E-state index in [0.29, 0.717) is 36.9 Å². The van der Waals surface area contributed by atoms with E-state index in [9.17, 15) is 18.6 Å². The summed E-state index contributed by atoms with van der Waals surface area (Å²) in [6.07, 6.45) is 0.444. The average Bonchev–Trinajstić information content (AvgIpc) is 3.35. The third-order valence-corrected chi connectivity index (χ3v) is 8.67. The highest BCUT2D eigenvalue weighted by molar-refractivity contribution is 7.91. The van der Waals surface area contributed by atoms with Crippen LogP contribution in [0.25, 0.3) is 0 Å². The SMILES string of the molecule is O=S(=O)(c1cccs1)N1CCN(c2ccc(O)cc2)[C@@H](CN2CC[C@@H](O)C2)C1. The Balaban J connectivity index is 1.57. The largest absolute Gasteiger partial charge is 0.508 e. The first-order chi connectivity index (χ1) is 13.4. The molecular weight excluding hydrogens is 398 g/mol. The van der Waals surface area contributed by atoms with Crippen LogP contribution >= 0.6 is 11.3 Å². The second-order valence-electron chi connectivity index (χ2n) is 7.36. The maximum Gasteiger partial charge on any atom is 0.252 e. The predicted molar refractivity (Wildman–Crippen MR) is 109 cm³/mol. The highest BCUT2D eigenvalue weighted by Gasteiger charge is 2.36. The molecule has 2 aliphatic heterocycles. The fraction of sp³-hybridized carbons (Fsp3) is 0.474. The molecule has 3 heterocycles. The number of anilines is 1. The topological polar surface area (TPSA) is 84.3 Å². The summed E-state index contributed by atoms with van der Waals surface area (Å²) in [4.78, 5) is 4.41. The van der Waals surface area contributed by atoms with E-state index in [2.05, 4.69) is 9.80 Å². The summed E-state index contributed by atoms with van der Waals surface area (Å²) in [5.41, 5.74) is 0.968. The van der Waals surface area contributed by atoms with Crippen LogP contribution in [0.1, 0.15) is 6.42 Å². The van der Waals surface area contributed by atoms with Gasteiger partial charge < -0.3 is 15.1 Å². The van der Waals surface area contributed by atoms with E-state index >= 15 is 0 Å². The molecule has 2 aliphatic rings. The van der Waals surface area contributed by atoms with Crippen LogP contribution in [0.5, 0.6) is 5.75 Å². The van der Waals surface area contributed by atoms with Gasteiger partial charge in [-0.05, 0) is 42.1 Å². The van der Waals surface area contributed by atoms with Crippen molar-refractivity contribution in [3.8, 4) is 5.75 Å². The van der Waals surface area contributed by atoms with Gasteiger partial charge in [0.1, 0.15) is 9.96 Å². The van der Waals surface area contributed by atoms with Crippen LogP contribution in [0.4, 0.5) is 5.69 Å². The fourth-order valence-corrected chi connectivity index (χ4v) is 6.61. The number of phenolic OH excluding ortho intramolecular Hbond substituents is 1. The number of likely N-dealkylation sites (tertiary alicyclic amines) is 1. The molecule has 1 aromatic carbocycles. The van der Waals surface area contributed by atoms with Crippen molar-refractivity contribution in [1.29, 1.82) is 0 Å². The number of sulfonamides is 1. The Labute approximate surface area is 169 Å². The molecule has 7 nitrogen and oxygen atoms in total. The maximum atomic E-state index is 13.0. The lowest BCUT2D eigenvalue weighted by molar-refractivity contribution is 0.170. The van der Waals surface area contributed by atoms with Gasteiger partial charge in [0, 0.05) is 45.0 Å². The molecule has 1 aromatic heterocycles. The van der Waals surface area contributed by atoms with Crippen LogP contribution in [0.15, 0.2) is 46.0 Å². The fourth-order valence-electron chi connectivity index (χ4n) is 4.00. The second kappa shape index (κ2) is 8.00. The molecule has 2 saturated heterocycles. The van der Waals surface area contributed by atoms with Crippen molar-refractivity contribution in [2.45, 2.75) is 22.8 Å². The van der Waals surface area contributed by atoms with Crippen molar-refractivity contribution in [3.63, 3.8) is 0 Å². The Bertz CT molecular complexity index is 886. The first-order valence-corrected chi connectivity index (χ1v) is 11.8. The minimum absolute atomic E-state index is 0.0293. The predicted octanol–water partition coefficient (Wildman–Crippen LogP) is 1.40. The monoisotopic (exact) mass is 423 g/mol. The van der Waals surface area contributed by atoms with Gasteiger partial charge in [-0.3, -0.25) is 4.90 Å². The highest BCUT2D eigenvalue weighted by Crippen LogP contribution is 2.28. The summed E-state index contributed by atoms with van der Waals surface area (Å²) in [7, 11) is -3.49. The summed E-state index contributed by atoms with van der Waals surface area (Å²) in [5, 5.41) is 21.2. The van der Waals surface area contributed by atoms with Gasteiger partial charge in [-0.15, -0.1) is 11.3 Å². The van der Waals surface area contributed by atoms with Crippen LogP contribution in [-0.4, -0.2) is 79.3 Å². The van der Waals surface area contributed by atoms with E-state index in [1.54, 1.807) is 34.0 Å². The molecule has 0 bridgehead atoms. The van der Waals surface area contributed by atoms with Gasteiger partial charge in [0.25, 0.3) is 10.0 Å². The molecule has 2 fully saturated rings. The molecule has 0 unspecified atom stereocenters. The van der Waals surface area contributed by atoms with E-state index in [-0.39, 0.29) is 17.9 Å². The van der Waals surface area contributed by atoms with Crippen LogP contribution < -0.4 is 4.90 Å². The molecule has 0 aliphatic carbocycles. The highest BCUT2D eigenvalue weighted by atomic mass is 32.2. The van der Waals surface area contributed by atoms with Gasteiger partial charge in [0.2, 0.25) is 0 Å². The first-order valence-electron chi connectivity index (χ1n) is 9.43. The number of hydrogen-bond donors (Lipinski definition) is 2. The lowest BCUT2D eigenvalue weighted by atomic mass is 10.1. The molecule has 9 heteroatoms. The summed E-state index contributed by atoms with van der Waals surface area (Å²) < 4.78 is 28.0. The van der Waals surface area contributed by atoms with E-state index in [0.717, 1.165) is 18.7 Å². The summed E-state index contributed by atoms with van der Waals surface area (Å²) in [6.45, 7) is 3.52. The van der Waals surface area contributed by atoms with E-state index < -0.39 is 10.0 Å². The Kier molecular flexibility index (Phi) is 5.62. The molecule has 0 radical (unpaired) electrons. The number of piperazine rings is 1. The molecule has 0 amide bonds. The Hall–Kier alpha value is -1.65. The number of hydrogen-bond acceptors (Lipinski definition) is 7. The number of aromatic hydroxyl groups is 1. The van der Waals surface area contributed by atoms with Gasteiger partial charge in [-0.1, -0.05) is 6.07 Å². The standard InChI is InChI=1S/C19H25N3O4S2/c23-17-5-3-15(4-6-17)22-10-9-21(28(25,26)19-2-1-11-27-19)13-16(22)12-20-8-7-18(24)14-20/h1-6,11,16,18,23-24H,7-10,12-14H2/t16-,18+/m0/s1. The Morgan fingerprint density at radius 1 is 1.07 bits per heavy atom. The van der Waals surface area contributed by atoms with Crippen LogP contribution in [0.2, 0.25) is 0 Å². The molecule has 2 aromatic rings. The number of β-amino-alcohol motifs (C(OH)–C–C–N with tert-alkyl or cyclic N) is 1. The van der Waals surface area contributed by atoms with E-state index in [1.807, 2.05) is 12.1 Å². The van der Waals surface area contributed by atoms with Gasteiger partial charge in [0.05, 0.1) is 12.1 Å². The van der Waals surface area contributed by atoms with Gasteiger partial charge in [-0.2, -0.15) is 4.31 Å². The second-order valence-corrected chi connectivity index (χ2v) is 10.5. The van der Waals surface area contributed by atoms with Crippen molar-refractivity contribution in [2.24, 2.45) is 0 Å². The van der Waals surface area contributed by atoms with Crippen molar-refractivity contribution >= 4 is 27.0 Å². The normalized spacial score (nSPS) is 24.7. The Morgan fingerprint density at radius 2 is 1.86 bits per heavy atom. The zero-order valence-corrected chi connectivity index (χ0v) is 17.1. The van der Waals surface area contributed by atoms with Crippen LogP contribution in [-0.2, 0) is 10.0 Å². The first kappa shape index (κ1) is 19.7. The Morgan fingerprint density at radius 3 is 2.50 bits per heavy atom. The number of benzene rings is 1. The molecule has 2 atom stereocenters. The van der Waals surface area contributed by atoms with Crippen molar-refractivity contribution in [1.82, 2.24) is 9.21 Å². The number of aliphatic hydroxyl groups excluding tert-OH is 1. The zero-order chi connectivity index (χ0) is 19.7. The van der Waals surface area contributed by atoms with Gasteiger partial charge >= 0.3 is 0 Å². The summed E-state index contributed by atoms with van der Waals surface area (Å²) in [5.74, 6) is 0.210. The van der Waals surface area contributed by atoms with E-state index in [4.69, 9.17) is 0 Å². The maximum absolute atomic E-state index is 13.0. The van der Waals surface area contributed by atoms with Crippen LogP contribution in [0, 0.1) is 0 Å². The van der Waals surface area contributed by atoms with Crippen molar-refractivity contribution in [2.75, 3.05) is 44.2 Å². The smallest absolute Gasteiger partial charge is 0.252 e. The zero-order valence-electron chi connectivity index (χ0n) is 15.5. The molecule has 2 N–H and O–H groups in total. The average molecular weight is 424 g/mol. The minimum Gasteiger partial charge on any atom is -0.508 e. The van der Waals surface area contributed by atoms with E-state index in [1.165, 1.54) is 11.3 Å². The third-order valence-electron chi connectivity index (χ3n) is 5.43. The van der Waals surface area contributed by atoms with Gasteiger partial charge in [-0.25, -0.2) is 8.42 Å². The number of phenols is 1. The molecular formula is C19H25N3O4S2. The van der Waals surface area contributed by atoms with Crippen molar-refractivity contribution < 1.29 is 18.6 Å². The van der Waals surface area contributed by atoms with Gasteiger partial charge in [0.15, 0.2) is 0 Å². The lowest BCUT2D eigenvalue weighted by Gasteiger charge is -2.43. The van der Waals surface area contributed by atoms with Crippen molar-refractivity contribution in [3.05, 3.63) is 41.8 Å². The number of aliphatic hydroxyl groups is 1. The number of thiophene rings is 1. The molecule has 0 saturated carbocycles. The minimum atomic E-state index is -3.49. The summed E-state index contributed by atoms with van der Waals surface area (Å²) in [6, 6.07) is 10.4. The molecule has 0 spiro atoms. The summed E-state index contributed by atoms with van der Waals surface area (Å²) >= 11 is 1.24. The van der Waals surface area contributed by atoms with Crippen LogP contribution in [0.3, 0.4) is 0 Å². The number of rotatable bonds is 5. The third kappa shape index (κ3) is 4.04. The molecule has 152 valence electrons. The quantitative estimate of drug-likeness (QED) is 0.756.